The number of fused-ring (bicyclic) bond motifs is 1. The molecule has 5 nitrogen and oxygen atoms in total. The van der Waals surface area contributed by atoms with Crippen molar-refractivity contribution in [2.75, 3.05) is 13.2 Å². The van der Waals surface area contributed by atoms with Crippen LogP contribution >= 0.6 is 11.6 Å². The number of halogens is 1. The summed E-state index contributed by atoms with van der Waals surface area (Å²) in [5, 5.41) is 4.62. The van der Waals surface area contributed by atoms with Crippen LogP contribution in [0.25, 0.3) is 0 Å². The van der Waals surface area contributed by atoms with Crippen LogP contribution in [0.4, 0.5) is 0 Å². The van der Waals surface area contributed by atoms with E-state index in [2.05, 4.69) is 5.16 Å². The van der Waals surface area contributed by atoms with Gasteiger partial charge in [0.2, 0.25) is 5.91 Å². The van der Waals surface area contributed by atoms with Gasteiger partial charge in [-0.3, -0.25) is 4.79 Å². The molecule has 2 unspecified atom stereocenters. The normalized spacial score (nSPS) is 23.0. The average Bonchev–Trinajstić information content (AvgIpc) is 3.22. The molecular weight excluding hydrogens is 328 g/mol. The number of carbonyl (C=O) groups excluding carboxylic acids is 1. The summed E-state index contributed by atoms with van der Waals surface area (Å²) in [7, 11) is 0. The SMILES string of the molecule is Cc1cc(C2CCCN2C(=O)C2COc3ccc(Cl)cc3C2)on1. The third-order valence-corrected chi connectivity index (χ3v) is 5.02. The smallest absolute Gasteiger partial charge is 0.230 e. The first kappa shape index (κ1) is 15.5. The van der Waals surface area contributed by atoms with E-state index < -0.39 is 0 Å². The largest absolute Gasteiger partial charge is 0.492 e. The molecule has 1 amide bonds. The second kappa shape index (κ2) is 6.13. The summed E-state index contributed by atoms with van der Waals surface area (Å²) in [6, 6.07) is 7.47. The molecule has 0 N–H and O–H groups in total. The number of aryl methyl sites for hydroxylation is 1. The minimum absolute atomic E-state index is 0.0144. The van der Waals surface area contributed by atoms with Crippen LogP contribution < -0.4 is 4.74 Å². The predicted octanol–water partition coefficient (Wildman–Crippen LogP) is 3.55. The lowest BCUT2D eigenvalue weighted by atomic mass is 9.95. The quantitative estimate of drug-likeness (QED) is 0.834. The average molecular weight is 347 g/mol. The first-order chi connectivity index (χ1) is 11.6. The molecule has 126 valence electrons. The van der Waals surface area contributed by atoms with E-state index in [1.54, 1.807) is 0 Å². The molecule has 3 heterocycles. The molecule has 1 aromatic carbocycles. The van der Waals surface area contributed by atoms with E-state index in [0.29, 0.717) is 18.1 Å². The van der Waals surface area contributed by atoms with Crippen molar-refractivity contribution in [3.05, 3.63) is 46.3 Å². The third-order valence-electron chi connectivity index (χ3n) is 4.79. The molecule has 0 saturated carbocycles. The maximum Gasteiger partial charge on any atom is 0.230 e. The second-order valence-electron chi connectivity index (χ2n) is 6.52. The standard InChI is InChI=1S/C18H19ClN2O3/c1-11-7-17(24-20-11)15-3-2-6-21(15)18(22)13-8-12-9-14(19)4-5-16(12)23-10-13/h4-5,7,9,13,15H,2-3,6,8,10H2,1H3. The summed E-state index contributed by atoms with van der Waals surface area (Å²) in [6.45, 7) is 3.05. The van der Waals surface area contributed by atoms with Crippen molar-refractivity contribution in [1.29, 1.82) is 0 Å². The van der Waals surface area contributed by atoms with E-state index in [1.807, 2.05) is 36.1 Å². The number of ether oxygens (including phenoxy) is 1. The number of hydrogen-bond acceptors (Lipinski definition) is 4. The zero-order chi connectivity index (χ0) is 16.7. The summed E-state index contributed by atoms with van der Waals surface area (Å²) < 4.78 is 11.2. The van der Waals surface area contributed by atoms with Gasteiger partial charge in [0.1, 0.15) is 12.4 Å². The van der Waals surface area contributed by atoms with Crippen LogP contribution in [0, 0.1) is 12.8 Å². The molecular formula is C18H19ClN2O3. The Morgan fingerprint density at radius 2 is 2.25 bits per heavy atom. The summed E-state index contributed by atoms with van der Waals surface area (Å²) >= 11 is 6.07. The minimum Gasteiger partial charge on any atom is -0.492 e. The van der Waals surface area contributed by atoms with Gasteiger partial charge in [-0.05, 0) is 49.9 Å². The Hall–Kier alpha value is -2.01. The number of benzene rings is 1. The lowest BCUT2D eigenvalue weighted by Crippen LogP contribution is -2.40. The highest BCUT2D eigenvalue weighted by molar-refractivity contribution is 6.30. The van der Waals surface area contributed by atoms with Crippen molar-refractivity contribution in [3.8, 4) is 5.75 Å². The van der Waals surface area contributed by atoms with Crippen LogP contribution in [0.2, 0.25) is 5.02 Å². The number of hydrogen-bond donors (Lipinski definition) is 0. The number of likely N-dealkylation sites (tertiary alicyclic amines) is 1. The van der Waals surface area contributed by atoms with Crippen LogP contribution in [0.5, 0.6) is 5.75 Å². The van der Waals surface area contributed by atoms with Crippen LogP contribution in [-0.4, -0.2) is 29.1 Å². The van der Waals surface area contributed by atoms with Crippen molar-refractivity contribution in [3.63, 3.8) is 0 Å². The number of nitrogens with zero attached hydrogens (tertiary/aromatic N) is 2. The summed E-state index contributed by atoms with van der Waals surface area (Å²) in [6.07, 6.45) is 2.55. The van der Waals surface area contributed by atoms with Crippen LogP contribution in [0.15, 0.2) is 28.8 Å². The van der Waals surface area contributed by atoms with E-state index in [1.165, 1.54) is 0 Å². The van der Waals surface area contributed by atoms with Gasteiger partial charge in [-0.1, -0.05) is 16.8 Å². The van der Waals surface area contributed by atoms with E-state index in [0.717, 1.165) is 42.2 Å². The molecule has 6 heteroatoms. The highest BCUT2D eigenvalue weighted by Gasteiger charge is 2.37. The van der Waals surface area contributed by atoms with Gasteiger partial charge in [-0.15, -0.1) is 0 Å². The molecule has 0 bridgehead atoms. The zero-order valence-corrected chi connectivity index (χ0v) is 14.3. The maximum absolute atomic E-state index is 13.0. The minimum atomic E-state index is -0.180. The van der Waals surface area contributed by atoms with Crippen LogP contribution in [-0.2, 0) is 11.2 Å². The molecule has 24 heavy (non-hydrogen) atoms. The predicted molar refractivity (Wildman–Crippen MR) is 89.1 cm³/mol. The Morgan fingerprint density at radius 1 is 1.38 bits per heavy atom. The van der Waals surface area contributed by atoms with Crippen LogP contribution in [0.1, 0.15) is 35.9 Å². The molecule has 0 aliphatic carbocycles. The van der Waals surface area contributed by atoms with E-state index in [9.17, 15) is 4.79 Å². The molecule has 4 rings (SSSR count). The van der Waals surface area contributed by atoms with Crippen LogP contribution in [0.3, 0.4) is 0 Å². The van der Waals surface area contributed by atoms with E-state index in [-0.39, 0.29) is 17.9 Å². The number of amides is 1. The van der Waals surface area contributed by atoms with Crippen molar-refractivity contribution < 1.29 is 14.1 Å². The Labute approximate surface area is 145 Å². The van der Waals surface area contributed by atoms with Gasteiger partial charge in [-0.25, -0.2) is 0 Å². The van der Waals surface area contributed by atoms with E-state index in [4.69, 9.17) is 20.9 Å². The molecule has 2 aliphatic heterocycles. The maximum atomic E-state index is 13.0. The molecule has 1 fully saturated rings. The van der Waals surface area contributed by atoms with Crippen molar-refractivity contribution in [2.24, 2.45) is 5.92 Å². The molecule has 2 aliphatic rings. The number of carbonyl (C=O) groups is 1. The third kappa shape index (κ3) is 2.77. The molecule has 2 aromatic rings. The number of rotatable bonds is 2. The van der Waals surface area contributed by atoms with Gasteiger partial charge in [-0.2, -0.15) is 0 Å². The topological polar surface area (TPSA) is 55.6 Å². The van der Waals surface area contributed by atoms with Gasteiger partial charge >= 0.3 is 0 Å². The molecule has 1 saturated heterocycles. The highest BCUT2D eigenvalue weighted by atomic mass is 35.5. The lowest BCUT2D eigenvalue weighted by molar-refractivity contribution is -0.138. The van der Waals surface area contributed by atoms with Gasteiger partial charge in [0.15, 0.2) is 5.76 Å². The van der Waals surface area contributed by atoms with Crippen molar-refractivity contribution >= 4 is 17.5 Å². The zero-order valence-electron chi connectivity index (χ0n) is 13.5. The van der Waals surface area contributed by atoms with Crippen molar-refractivity contribution in [1.82, 2.24) is 10.1 Å². The fourth-order valence-electron chi connectivity index (χ4n) is 3.62. The Kier molecular flexibility index (Phi) is 3.96. The Balaban J connectivity index is 1.53. The molecule has 1 aromatic heterocycles. The summed E-state index contributed by atoms with van der Waals surface area (Å²) in [5.74, 6) is 1.54. The summed E-state index contributed by atoms with van der Waals surface area (Å²) in [4.78, 5) is 15.0. The van der Waals surface area contributed by atoms with Gasteiger partial charge in [0.25, 0.3) is 0 Å². The Morgan fingerprint density at radius 3 is 3.04 bits per heavy atom. The Bertz CT molecular complexity index is 773. The fourth-order valence-corrected chi connectivity index (χ4v) is 3.82. The monoisotopic (exact) mass is 346 g/mol. The molecule has 2 atom stereocenters. The fraction of sp³-hybridized carbons (Fsp3) is 0.444. The second-order valence-corrected chi connectivity index (χ2v) is 6.96. The molecule has 0 spiro atoms. The summed E-state index contributed by atoms with van der Waals surface area (Å²) in [5.41, 5.74) is 1.84. The van der Waals surface area contributed by atoms with Gasteiger partial charge < -0.3 is 14.2 Å². The van der Waals surface area contributed by atoms with Gasteiger partial charge in [0, 0.05) is 17.6 Å². The first-order valence-electron chi connectivity index (χ1n) is 8.27. The molecule has 0 radical (unpaired) electrons. The van der Waals surface area contributed by atoms with Crippen molar-refractivity contribution in [2.45, 2.75) is 32.2 Å². The number of aromatic nitrogens is 1. The highest BCUT2D eigenvalue weighted by Crippen LogP contribution is 2.36. The lowest BCUT2D eigenvalue weighted by Gasteiger charge is -2.30. The van der Waals surface area contributed by atoms with E-state index >= 15 is 0 Å². The van der Waals surface area contributed by atoms with Gasteiger partial charge in [0.05, 0.1) is 17.7 Å². The first-order valence-corrected chi connectivity index (χ1v) is 8.64.